The molecule has 2 heterocycles. The summed E-state index contributed by atoms with van der Waals surface area (Å²) >= 11 is 1.53. The molecule has 0 saturated carbocycles. The number of rotatable bonds is 8. The van der Waals surface area contributed by atoms with Crippen molar-refractivity contribution in [3.05, 3.63) is 53.5 Å². The van der Waals surface area contributed by atoms with Gasteiger partial charge in [0, 0.05) is 51.7 Å². The third kappa shape index (κ3) is 5.77. The van der Waals surface area contributed by atoms with E-state index in [0.29, 0.717) is 17.3 Å². The summed E-state index contributed by atoms with van der Waals surface area (Å²) in [5.41, 5.74) is 2.80. The van der Waals surface area contributed by atoms with Gasteiger partial charge in [-0.05, 0) is 23.4 Å². The first kappa shape index (κ1) is 20.8. The molecule has 0 aliphatic carbocycles. The highest BCUT2D eigenvalue weighted by Gasteiger charge is 2.16. The predicted molar refractivity (Wildman–Crippen MR) is 113 cm³/mol. The van der Waals surface area contributed by atoms with Gasteiger partial charge in [0.25, 0.3) is 5.91 Å². The van der Waals surface area contributed by atoms with Crippen LogP contribution >= 0.6 is 11.8 Å². The smallest absolute Gasteiger partial charge is 0.272 e. The maximum atomic E-state index is 12.5. The molecule has 0 bridgehead atoms. The highest BCUT2D eigenvalue weighted by molar-refractivity contribution is 7.99. The van der Waals surface area contributed by atoms with Gasteiger partial charge in [0.1, 0.15) is 5.03 Å². The fraction of sp³-hybridized carbons (Fsp3) is 0.476. The van der Waals surface area contributed by atoms with E-state index < -0.39 is 0 Å². The molecule has 1 N–H and O–H groups in total. The van der Waals surface area contributed by atoms with E-state index in [4.69, 9.17) is 0 Å². The lowest BCUT2D eigenvalue weighted by Gasteiger charge is -2.34. The molecule has 1 aliphatic heterocycles. The Morgan fingerprint density at radius 1 is 1.00 bits per heavy atom. The molecule has 0 atom stereocenters. The molecule has 0 unspecified atom stereocenters. The first-order valence-corrected chi connectivity index (χ1v) is 10.9. The average molecular weight is 400 g/mol. The van der Waals surface area contributed by atoms with Crippen molar-refractivity contribution in [1.29, 1.82) is 0 Å². The van der Waals surface area contributed by atoms with Gasteiger partial charge in [0.2, 0.25) is 0 Å². The van der Waals surface area contributed by atoms with Crippen LogP contribution in [-0.2, 0) is 13.1 Å². The monoisotopic (exact) mass is 399 g/mol. The van der Waals surface area contributed by atoms with E-state index in [1.807, 2.05) is 6.92 Å². The highest BCUT2D eigenvalue weighted by atomic mass is 32.2. The molecule has 28 heavy (non-hydrogen) atoms. The second-order valence-electron chi connectivity index (χ2n) is 6.85. The SMILES string of the molecule is CCSc1nccnc1C(=O)NCc1ccc(CN2CCN(CC)CC2)cc1. The molecular formula is C21H29N5OS. The van der Waals surface area contributed by atoms with Crippen LogP contribution < -0.4 is 5.32 Å². The van der Waals surface area contributed by atoms with Gasteiger partial charge in [-0.3, -0.25) is 9.69 Å². The van der Waals surface area contributed by atoms with Crippen molar-refractivity contribution in [1.82, 2.24) is 25.1 Å². The number of piperazine rings is 1. The molecule has 1 aromatic carbocycles. The van der Waals surface area contributed by atoms with E-state index in [1.165, 1.54) is 17.3 Å². The van der Waals surface area contributed by atoms with Crippen LogP contribution in [0.3, 0.4) is 0 Å². The van der Waals surface area contributed by atoms with Crippen LogP contribution in [0.4, 0.5) is 0 Å². The van der Waals surface area contributed by atoms with Crippen LogP contribution in [0, 0.1) is 0 Å². The summed E-state index contributed by atoms with van der Waals surface area (Å²) < 4.78 is 0. The van der Waals surface area contributed by atoms with Crippen LogP contribution in [0.25, 0.3) is 0 Å². The first-order valence-electron chi connectivity index (χ1n) is 9.94. The number of nitrogens with zero attached hydrogens (tertiary/aromatic N) is 4. The third-order valence-corrected chi connectivity index (χ3v) is 5.82. The van der Waals surface area contributed by atoms with Crippen molar-refractivity contribution < 1.29 is 4.79 Å². The largest absolute Gasteiger partial charge is 0.347 e. The summed E-state index contributed by atoms with van der Waals surface area (Å²) in [7, 11) is 0. The summed E-state index contributed by atoms with van der Waals surface area (Å²) in [6.45, 7) is 11.4. The standard InChI is InChI=1S/C21H29N5OS/c1-3-25-11-13-26(14-12-25)16-18-7-5-17(6-8-18)15-24-20(27)19-21(28-4-2)23-10-9-22-19/h5-10H,3-4,11-16H2,1-2H3,(H,24,27). The minimum absolute atomic E-state index is 0.179. The van der Waals surface area contributed by atoms with E-state index >= 15 is 0 Å². The van der Waals surface area contributed by atoms with Crippen LogP contribution in [0.2, 0.25) is 0 Å². The van der Waals surface area contributed by atoms with Crippen LogP contribution in [0.1, 0.15) is 35.5 Å². The molecule has 1 aliphatic rings. The Morgan fingerprint density at radius 2 is 1.64 bits per heavy atom. The van der Waals surface area contributed by atoms with Gasteiger partial charge in [0.05, 0.1) is 0 Å². The van der Waals surface area contributed by atoms with E-state index in [0.717, 1.165) is 50.6 Å². The minimum Gasteiger partial charge on any atom is -0.347 e. The lowest BCUT2D eigenvalue weighted by atomic mass is 10.1. The van der Waals surface area contributed by atoms with E-state index in [1.54, 1.807) is 12.4 Å². The number of carbonyl (C=O) groups excluding carboxylic acids is 1. The summed E-state index contributed by atoms with van der Waals surface area (Å²) in [6, 6.07) is 8.51. The molecule has 0 spiro atoms. The molecule has 0 radical (unpaired) electrons. The predicted octanol–water partition coefficient (Wildman–Crippen LogP) is 2.66. The number of nitrogens with one attached hydrogen (secondary N) is 1. The fourth-order valence-electron chi connectivity index (χ4n) is 3.27. The number of thioether (sulfide) groups is 1. The van der Waals surface area contributed by atoms with Gasteiger partial charge < -0.3 is 10.2 Å². The van der Waals surface area contributed by atoms with Crippen molar-refractivity contribution in [3.8, 4) is 0 Å². The van der Waals surface area contributed by atoms with Gasteiger partial charge in [-0.15, -0.1) is 11.8 Å². The van der Waals surface area contributed by atoms with Gasteiger partial charge in [0.15, 0.2) is 5.69 Å². The van der Waals surface area contributed by atoms with Crippen molar-refractivity contribution >= 4 is 17.7 Å². The number of likely N-dealkylation sites (N-methyl/N-ethyl adjacent to an activating group) is 1. The zero-order valence-electron chi connectivity index (χ0n) is 16.7. The van der Waals surface area contributed by atoms with Crippen LogP contribution in [0.15, 0.2) is 41.7 Å². The quantitative estimate of drug-likeness (QED) is 0.689. The van der Waals surface area contributed by atoms with Gasteiger partial charge in [-0.1, -0.05) is 38.1 Å². The Kier molecular flexibility index (Phi) is 7.82. The zero-order chi connectivity index (χ0) is 19.8. The Morgan fingerprint density at radius 3 is 2.32 bits per heavy atom. The number of benzene rings is 1. The Labute approximate surface area is 171 Å². The summed E-state index contributed by atoms with van der Waals surface area (Å²) in [5, 5.41) is 3.64. The van der Waals surface area contributed by atoms with Crippen molar-refractivity contribution in [3.63, 3.8) is 0 Å². The number of hydrogen-bond donors (Lipinski definition) is 1. The highest BCUT2D eigenvalue weighted by Crippen LogP contribution is 2.17. The molecule has 1 fully saturated rings. The molecule has 7 heteroatoms. The van der Waals surface area contributed by atoms with Crippen molar-refractivity contribution in [2.45, 2.75) is 32.0 Å². The van der Waals surface area contributed by atoms with Gasteiger partial charge >= 0.3 is 0 Å². The van der Waals surface area contributed by atoms with Gasteiger partial charge in [-0.25, -0.2) is 9.97 Å². The Bertz CT molecular complexity index is 760. The summed E-state index contributed by atoms with van der Waals surface area (Å²) in [5.74, 6) is 0.676. The molecule has 1 saturated heterocycles. The number of hydrogen-bond acceptors (Lipinski definition) is 6. The fourth-order valence-corrected chi connectivity index (χ4v) is 3.96. The maximum Gasteiger partial charge on any atom is 0.272 e. The first-order chi connectivity index (χ1) is 13.7. The number of amides is 1. The second kappa shape index (κ2) is 10.5. The third-order valence-electron chi connectivity index (χ3n) is 4.96. The zero-order valence-corrected chi connectivity index (χ0v) is 17.5. The number of carbonyl (C=O) groups is 1. The maximum absolute atomic E-state index is 12.5. The van der Waals surface area contributed by atoms with Gasteiger partial charge in [-0.2, -0.15) is 0 Å². The number of aromatic nitrogens is 2. The molecule has 2 aromatic rings. The average Bonchev–Trinajstić information content (AvgIpc) is 2.74. The lowest BCUT2D eigenvalue weighted by Crippen LogP contribution is -2.45. The second-order valence-corrected chi connectivity index (χ2v) is 8.11. The topological polar surface area (TPSA) is 61.4 Å². The molecule has 1 amide bonds. The van der Waals surface area contributed by atoms with E-state index in [9.17, 15) is 4.79 Å². The molecular weight excluding hydrogens is 370 g/mol. The van der Waals surface area contributed by atoms with Crippen molar-refractivity contribution in [2.75, 3.05) is 38.5 Å². The van der Waals surface area contributed by atoms with Crippen LogP contribution in [-0.4, -0.2) is 64.2 Å². The normalized spacial score (nSPS) is 15.5. The van der Waals surface area contributed by atoms with E-state index in [-0.39, 0.29) is 5.91 Å². The molecule has 6 nitrogen and oxygen atoms in total. The summed E-state index contributed by atoms with van der Waals surface area (Å²) in [4.78, 5) is 25.9. The Hall–Kier alpha value is -1.96. The van der Waals surface area contributed by atoms with E-state index in [2.05, 4.69) is 56.3 Å². The van der Waals surface area contributed by atoms with Crippen LogP contribution in [0.5, 0.6) is 0 Å². The van der Waals surface area contributed by atoms with Crippen molar-refractivity contribution in [2.24, 2.45) is 0 Å². The Balaban J connectivity index is 1.50. The minimum atomic E-state index is -0.179. The molecule has 150 valence electrons. The molecule has 3 rings (SSSR count). The summed E-state index contributed by atoms with van der Waals surface area (Å²) in [6.07, 6.45) is 3.18. The molecule has 1 aromatic heterocycles. The lowest BCUT2D eigenvalue weighted by molar-refractivity contribution is 0.0942.